The smallest absolute Gasteiger partial charge is 0.255 e. The van der Waals surface area contributed by atoms with Gasteiger partial charge in [0.2, 0.25) is 5.88 Å². The van der Waals surface area contributed by atoms with Crippen molar-refractivity contribution >= 4 is 11.6 Å². The average Bonchev–Trinajstić information content (AvgIpc) is 3.27. The normalized spacial score (nSPS) is 12.8. The molecule has 0 spiro atoms. The molecule has 8 nitrogen and oxygen atoms in total. The van der Waals surface area contributed by atoms with Crippen LogP contribution in [0.3, 0.4) is 0 Å². The van der Waals surface area contributed by atoms with Gasteiger partial charge < -0.3 is 24.7 Å². The van der Waals surface area contributed by atoms with E-state index in [0.29, 0.717) is 36.8 Å². The first-order chi connectivity index (χ1) is 14.2. The molecule has 0 fully saturated rings. The van der Waals surface area contributed by atoms with Crippen LogP contribution in [0.4, 0.5) is 5.69 Å². The summed E-state index contributed by atoms with van der Waals surface area (Å²) in [6.07, 6.45) is 5.80. The van der Waals surface area contributed by atoms with Crippen molar-refractivity contribution in [1.29, 1.82) is 0 Å². The van der Waals surface area contributed by atoms with Crippen molar-refractivity contribution in [3.05, 3.63) is 54.2 Å². The van der Waals surface area contributed by atoms with Gasteiger partial charge in [-0.05, 0) is 23.8 Å². The molecular weight excluding hydrogens is 370 g/mol. The molecule has 0 radical (unpaired) electrons. The molecule has 3 heterocycles. The highest BCUT2D eigenvalue weighted by Crippen LogP contribution is 2.38. The van der Waals surface area contributed by atoms with Gasteiger partial charge in [0.05, 0.1) is 31.2 Å². The predicted molar refractivity (Wildman–Crippen MR) is 110 cm³/mol. The van der Waals surface area contributed by atoms with Crippen molar-refractivity contribution in [2.45, 2.75) is 6.42 Å². The minimum atomic E-state index is -0.167. The molecule has 0 aliphatic carbocycles. The van der Waals surface area contributed by atoms with E-state index in [9.17, 15) is 4.79 Å². The summed E-state index contributed by atoms with van der Waals surface area (Å²) in [5, 5.41) is 2.98. The van der Waals surface area contributed by atoms with E-state index in [2.05, 4.69) is 25.2 Å². The van der Waals surface area contributed by atoms with Crippen molar-refractivity contribution < 1.29 is 14.3 Å². The van der Waals surface area contributed by atoms with Gasteiger partial charge in [0.15, 0.2) is 5.75 Å². The summed E-state index contributed by atoms with van der Waals surface area (Å²) in [5.74, 6) is 0.992. The molecule has 4 rings (SSSR count). The molecule has 8 heteroatoms. The number of aromatic amines is 1. The number of carbonyl (C=O) groups is 1. The third-order valence-corrected chi connectivity index (χ3v) is 4.91. The Morgan fingerprint density at radius 1 is 1.31 bits per heavy atom. The number of carbonyl (C=O) groups excluding carboxylic acids is 1. The zero-order chi connectivity index (χ0) is 20.2. The lowest BCUT2D eigenvalue weighted by Gasteiger charge is -2.29. The van der Waals surface area contributed by atoms with Gasteiger partial charge >= 0.3 is 0 Å². The number of imidazole rings is 1. The van der Waals surface area contributed by atoms with Crippen LogP contribution in [-0.4, -0.2) is 54.7 Å². The summed E-state index contributed by atoms with van der Waals surface area (Å²) in [7, 11) is 3.58. The number of methoxy groups -OCH3 is 1. The maximum atomic E-state index is 13.0. The van der Waals surface area contributed by atoms with Gasteiger partial charge in [0.25, 0.3) is 5.91 Å². The first-order valence-corrected chi connectivity index (χ1v) is 9.43. The van der Waals surface area contributed by atoms with Gasteiger partial charge in [-0.2, -0.15) is 0 Å². The van der Waals surface area contributed by atoms with Gasteiger partial charge in [-0.1, -0.05) is 0 Å². The molecule has 0 bridgehead atoms. The molecule has 1 aliphatic rings. The quantitative estimate of drug-likeness (QED) is 0.668. The largest absolute Gasteiger partial charge is 0.489 e. The highest BCUT2D eigenvalue weighted by Gasteiger charge is 2.24. The topological polar surface area (TPSA) is 92.4 Å². The van der Waals surface area contributed by atoms with Crippen LogP contribution in [0.1, 0.15) is 16.1 Å². The zero-order valence-electron chi connectivity index (χ0n) is 16.4. The fourth-order valence-corrected chi connectivity index (χ4v) is 3.29. The van der Waals surface area contributed by atoms with Crippen LogP contribution in [0.5, 0.6) is 11.6 Å². The molecule has 150 valence electrons. The first kappa shape index (κ1) is 18.8. The summed E-state index contributed by atoms with van der Waals surface area (Å²) in [4.78, 5) is 26.4. The molecule has 0 saturated heterocycles. The number of ether oxygens (including phenoxy) is 2. The van der Waals surface area contributed by atoms with Crippen molar-refractivity contribution in [3.63, 3.8) is 0 Å². The standard InChI is InChI=1S/C21H23N5O3/c1-26-7-8-29-20-17(21(27)23-6-5-16-12-22-13-25-16)9-15(10-18(20)26)14-3-4-19(28-2)24-11-14/h3-4,9-13H,5-8H2,1-2H3,(H,22,25)(H,23,27). The number of amides is 1. The minimum absolute atomic E-state index is 0.167. The lowest BCUT2D eigenvalue weighted by Crippen LogP contribution is -2.32. The Morgan fingerprint density at radius 3 is 2.93 bits per heavy atom. The molecule has 1 aromatic carbocycles. The van der Waals surface area contributed by atoms with Crippen LogP contribution >= 0.6 is 0 Å². The lowest BCUT2D eigenvalue weighted by molar-refractivity contribution is 0.0950. The molecule has 2 aromatic heterocycles. The average molecular weight is 393 g/mol. The predicted octanol–water partition coefficient (Wildman–Crippen LogP) is 2.28. The maximum absolute atomic E-state index is 13.0. The first-order valence-electron chi connectivity index (χ1n) is 9.43. The van der Waals surface area contributed by atoms with Crippen LogP contribution < -0.4 is 19.7 Å². The number of nitrogens with zero attached hydrogens (tertiary/aromatic N) is 3. The minimum Gasteiger partial charge on any atom is -0.489 e. The number of aromatic nitrogens is 3. The fourth-order valence-electron chi connectivity index (χ4n) is 3.29. The molecule has 1 amide bonds. The SMILES string of the molecule is COc1ccc(-c2cc(C(=O)NCCc3cnc[nH]3)c3c(c2)N(C)CCO3)cn1. The van der Waals surface area contributed by atoms with Gasteiger partial charge in [0, 0.05) is 49.7 Å². The van der Waals surface area contributed by atoms with E-state index in [4.69, 9.17) is 9.47 Å². The molecule has 29 heavy (non-hydrogen) atoms. The summed E-state index contributed by atoms with van der Waals surface area (Å²) in [5.41, 5.74) is 4.18. The Hall–Kier alpha value is -3.55. The van der Waals surface area contributed by atoms with Crippen LogP contribution in [0.2, 0.25) is 0 Å². The molecule has 1 aliphatic heterocycles. The van der Waals surface area contributed by atoms with Crippen LogP contribution in [0.25, 0.3) is 11.1 Å². The summed E-state index contributed by atoms with van der Waals surface area (Å²) >= 11 is 0. The second-order valence-electron chi connectivity index (χ2n) is 6.81. The summed E-state index contributed by atoms with van der Waals surface area (Å²) < 4.78 is 11.0. The van der Waals surface area contributed by atoms with E-state index in [-0.39, 0.29) is 5.91 Å². The number of nitrogens with one attached hydrogen (secondary N) is 2. The van der Waals surface area contributed by atoms with E-state index in [1.54, 1.807) is 31.9 Å². The molecule has 3 aromatic rings. The van der Waals surface area contributed by atoms with Gasteiger partial charge in [-0.15, -0.1) is 0 Å². The van der Waals surface area contributed by atoms with E-state index in [1.165, 1.54) is 0 Å². The highest BCUT2D eigenvalue weighted by atomic mass is 16.5. The number of anilines is 1. The maximum Gasteiger partial charge on any atom is 0.255 e. The number of H-pyrrole nitrogens is 1. The van der Waals surface area contributed by atoms with Gasteiger partial charge in [0.1, 0.15) is 6.61 Å². The van der Waals surface area contributed by atoms with Crippen molar-refractivity contribution in [2.24, 2.45) is 0 Å². The Kier molecular flexibility index (Phi) is 5.33. The molecule has 0 atom stereocenters. The fraction of sp³-hybridized carbons (Fsp3) is 0.286. The van der Waals surface area contributed by atoms with Crippen molar-refractivity contribution in [2.75, 3.05) is 38.8 Å². The number of likely N-dealkylation sites (N-methyl/N-ethyl adjacent to an activating group) is 1. The van der Waals surface area contributed by atoms with Gasteiger partial charge in [-0.3, -0.25) is 4.79 Å². The number of pyridine rings is 1. The monoisotopic (exact) mass is 393 g/mol. The van der Waals surface area contributed by atoms with E-state index >= 15 is 0 Å². The van der Waals surface area contributed by atoms with Gasteiger partial charge in [-0.25, -0.2) is 9.97 Å². The van der Waals surface area contributed by atoms with Crippen molar-refractivity contribution in [1.82, 2.24) is 20.3 Å². The van der Waals surface area contributed by atoms with Crippen LogP contribution in [0.15, 0.2) is 43.0 Å². The molecule has 2 N–H and O–H groups in total. The van der Waals surface area contributed by atoms with E-state index in [0.717, 1.165) is 29.1 Å². The molecule has 0 unspecified atom stereocenters. The Labute approximate surface area is 168 Å². The molecular formula is C21H23N5O3. The van der Waals surface area contributed by atoms with E-state index in [1.807, 2.05) is 25.2 Å². The third kappa shape index (κ3) is 4.01. The second-order valence-corrected chi connectivity index (χ2v) is 6.81. The third-order valence-electron chi connectivity index (χ3n) is 4.91. The summed E-state index contributed by atoms with van der Waals surface area (Å²) in [6.45, 7) is 1.81. The number of benzene rings is 1. The van der Waals surface area contributed by atoms with Crippen molar-refractivity contribution in [3.8, 4) is 22.8 Å². The number of rotatable bonds is 6. The Morgan fingerprint density at radius 2 is 2.21 bits per heavy atom. The number of hydrogen-bond acceptors (Lipinski definition) is 6. The van der Waals surface area contributed by atoms with Crippen LogP contribution in [0, 0.1) is 0 Å². The number of fused-ring (bicyclic) bond motifs is 1. The number of hydrogen-bond donors (Lipinski definition) is 2. The second kappa shape index (κ2) is 8.22. The zero-order valence-corrected chi connectivity index (χ0v) is 16.4. The lowest BCUT2D eigenvalue weighted by atomic mass is 10.0. The molecule has 0 saturated carbocycles. The highest BCUT2D eigenvalue weighted by molar-refractivity contribution is 6.00. The summed E-state index contributed by atoms with van der Waals surface area (Å²) in [6, 6.07) is 7.61. The Bertz CT molecular complexity index is 986. The van der Waals surface area contributed by atoms with E-state index < -0.39 is 0 Å². The van der Waals surface area contributed by atoms with Crippen LogP contribution in [-0.2, 0) is 6.42 Å². The Balaban J connectivity index is 1.63.